The summed E-state index contributed by atoms with van der Waals surface area (Å²) in [6.07, 6.45) is -94.1. The van der Waals surface area contributed by atoms with Crippen molar-refractivity contribution in [2.24, 2.45) is 0 Å². The van der Waals surface area contributed by atoms with E-state index in [0.29, 0.717) is 6.92 Å². The van der Waals surface area contributed by atoms with Crippen molar-refractivity contribution in [3.8, 4) is 0 Å². The first-order valence-electron chi connectivity index (χ1n) is 39.6. The Balaban J connectivity index is 1.30. The highest BCUT2D eigenvalue weighted by atomic mass is 16.8. The molecule has 8 rings (SSSR count). The van der Waals surface area contributed by atoms with Gasteiger partial charge in [-0.25, -0.2) is 19.2 Å². The molecule has 0 spiro atoms. The standard InChI is InChI=1S/C70H113N5O53/c1-18(83)71-35-23(88)6-67(63(106)107,123-53(35)40(95)27(92)10-76)114-17-34-45(100)52(121-61-48(103)57(43(98)30(13-79)116-61)127-69(65(110)111)8-25(90)37(73-20(3)85)55(125-69)42(97)29(94)12-78)39(75-22(5)87)60(118-34)120-51-33(16-82)117-62(119-50-32(15-81)115-59(105)47(102)46(50)101)49(104)58(51)128-70(66(112)113)9-26(91)38(74-21(4)86)56(126-70)44(99)31(14-80)122-68(64(108)109)7-24(89)36(72-19(2)84)54(124-68)41(96)28(93)11-77/h23-62,76-82,88-105H,6-17H2,1-5H3,(H,71,83)(H,72,84)(H,73,85)(H,74,86)(H,75,87)(H,106,107)(H,108,109)(H,110,111)(H,112,113)/t23-,24-,25-,26-,27+,28+,29+,30+,31+,32+,33+,34+,35+,36+,37+,38+,39+,40+,41+,42+,43-,44+,45-,46+,47+,48+,49+,50+,51-,52+,53+,54+,55+,56+,57-,58+,59+,60-,61-,62-,67+,68+,69-,70-/m0/s1. The lowest BCUT2D eigenvalue weighted by atomic mass is 9.87. The Bertz CT molecular complexity index is 3720. The summed E-state index contributed by atoms with van der Waals surface area (Å²) in [5, 5.41) is 336. The van der Waals surface area contributed by atoms with Crippen molar-refractivity contribution in [1.82, 2.24) is 26.6 Å². The van der Waals surface area contributed by atoms with Gasteiger partial charge < -0.3 is 246 Å². The van der Waals surface area contributed by atoms with Gasteiger partial charge in [0.05, 0.1) is 101 Å². The van der Waals surface area contributed by atoms with Gasteiger partial charge in [0.15, 0.2) is 25.2 Å². The van der Waals surface area contributed by atoms with Crippen molar-refractivity contribution in [3.05, 3.63) is 0 Å². The second-order valence-electron chi connectivity index (χ2n) is 31.8. The number of aliphatic hydroxyl groups excluding tert-OH is 25. The van der Waals surface area contributed by atoms with Crippen LogP contribution in [0.2, 0.25) is 0 Å². The van der Waals surface area contributed by atoms with Crippen LogP contribution in [0.4, 0.5) is 0 Å². The Morgan fingerprint density at radius 2 is 0.656 bits per heavy atom. The largest absolute Gasteiger partial charge is 0.477 e. The molecule has 58 heteroatoms. The molecular formula is C70H113N5O53. The number of aliphatic carboxylic acids is 4. The van der Waals surface area contributed by atoms with E-state index in [-0.39, 0.29) is 0 Å². The SMILES string of the molecule is CC(=O)N[C@H]1[C@H](O[C@@H]2[C@H](O[C@]3(C(=O)O)C[C@H](O)[C@@H](NC(C)=O)[C@H]([C@H](O)[C@@H](CO)O[C@]4(C(=O)O)C[C@H](O)[C@@H](NC(C)=O)[C@H]([C@H](O)[C@H](O)CO)O4)O3)[C@@H](O)[C@H](O[C@H]3[C@H](O)[C@@H](O)[C@H](O)O[C@@H]3CO)O[C@@H]2CO)O[C@H](CO[C@]2(C(=O)O)C[C@H](O)[C@@H](NC(C)=O)[C@H]([C@H](O)[C@H](O)CO)O2)[C@H](O)[C@@H]1O[C@@H]1O[C@H](CO)[C@H](O)[C@H](O[C@]2(C(=O)O)C[C@H](O)[C@@H](NC(C)=O)[C@H]([C@H](O)[C@H](O)CO)O2)[C@H]1O. The summed E-state index contributed by atoms with van der Waals surface area (Å²) < 4.78 is 88.5. The monoisotopic (exact) mass is 1870 g/mol. The molecule has 5 amide bonds. The van der Waals surface area contributed by atoms with Crippen LogP contribution in [0, 0.1) is 0 Å². The summed E-state index contributed by atoms with van der Waals surface area (Å²) in [6.45, 7) is -7.47. The van der Waals surface area contributed by atoms with Gasteiger partial charge in [0.25, 0.3) is 23.1 Å². The fourth-order valence-electron chi connectivity index (χ4n) is 16.2. The highest BCUT2D eigenvalue weighted by molar-refractivity contribution is 5.79. The molecule has 0 aromatic carbocycles. The molecule has 8 aliphatic rings. The number of carboxylic acids is 4. The Kier molecular flexibility index (Phi) is 37.3. The lowest BCUT2D eigenvalue weighted by Crippen LogP contribution is -2.73. The Morgan fingerprint density at radius 1 is 0.336 bits per heavy atom. The van der Waals surface area contributed by atoms with E-state index in [0.717, 1.165) is 27.7 Å². The van der Waals surface area contributed by atoms with Gasteiger partial charge in [0.2, 0.25) is 29.5 Å². The fraction of sp³-hybridized carbons (Fsp3) is 0.871. The van der Waals surface area contributed by atoms with Gasteiger partial charge in [-0.1, -0.05) is 0 Å². The highest BCUT2D eigenvalue weighted by Crippen LogP contribution is 2.45. The third-order valence-electron chi connectivity index (χ3n) is 22.6. The van der Waals surface area contributed by atoms with Gasteiger partial charge in [-0.15, -0.1) is 0 Å². The van der Waals surface area contributed by atoms with E-state index in [9.17, 15) is 191 Å². The number of aliphatic hydroxyl groups is 25. The molecule has 8 fully saturated rings. The molecule has 44 atom stereocenters. The van der Waals surface area contributed by atoms with Crippen molar-refractivity contribution < 1.29 is 262 Å². The molecule has 0 aromatic rings. The van der Waals surface area contributed by atoms with E-state index in [4.69, 9.17) is 71.1 Å². The Hall–Kier alpha value is -6.37. The molecule has 128 heavy (non-hydrogen) atoms. The van der Waals surface area contributed by atoms with Gasteiger partial charge >= 0.3 is 23.9 Å². The predicted octanol–water partition coefficient (Wildman–Crippen LogP) is -20.9. The lowest BCUT2D eigenvalue weighted by Gasteiger charge is -2.53. The van der Waals surface area contributed by atoms with Crippen LogP contribution in [-0.4, -0.2) is 522 Å². The smallest absolute Gasteiger partial charge is 0.364 e. The third-order valence-corrected chi connectivity index (χ3v) is 22.6. The van der Waals surface area contributed by atoms with E-state index in [1.807, 2.05) is 0 Å². The molecule has 58 nitrogen and oxygen atoms in total. The molecule has 0 radical (unpaired) electrons. The van der Waals surface area contributed by atoms with Crippen molar-refractivity contribution >= 4 is 53.4 Å². The van der Waals surface area contributed by atoms with Crippen molar-refractivity contribution in [2.45, 2.75) is 328 Å². The van der Waals surface area contributed by atoms with E-state index >= 15 is 0 Å². The molecule has 0 bridgehead atoms. The minimum absolute atomic E-state index is 0.704. The zero-order chi connectivity index (χ0) is 95.9. The molecule has 736 valence electrons. The number of carbonyl (C=O) groups excluding carboxylic acids is 5. The van der Waals surface area contributed by atoms with E-state index in [2.05, 4.69) is 26.6 Å². The summed E-state index contributed by atoms with van der Waals surface area (Å²) in [4.78, 5) is 120. The molecule has 0 saturated carbocycles. The molecule has 0 aliphatic carbocycles. The first-order valence-corrected chi connectivity index (χ1v) is 39.6. The van der Waals surface area contributed by atoms with Gasteiger partial charge in [0.1, 0.15) is 171 Å². The van der Waals surface area contributed by atoms with E-state index in [1.54, 1.807) is 0 Å². The highest BCUT2D eigenvalue weighted by Gasteiger charge is 2.67. The summed E-state index contributed by atoms with van der Waals surface area (Å²) in [7, 11) is 0. The van der Waals surface area contributed by atoms with Gasteiger partial charge in [-0.2, -0.15) is 0 Å². The average molecular weight is 1870 g/mol. The van der Waals surface area contributed by atoms with Crippen molar-refractivity contribution in [2.75, 3.05) is 52.9 Å². The third kappa shape index (κ3) is 23.3. The number of ether oxygens (including phenoxy) is 15. The summed E-state index contributed by atoms with van der Waals surface area (Å²) in [5.74, 6) is -29.3. The number of hydrogen-bond acceptors (Lipinski definition) is 49. The zero-order valence-electron chi connectivity index (χ0n) is 68.3. The summed E-state index contributed by atoms with van der Waals surface area (Å²) >= 11 is 0. The molecule has 8 aliphatic heterocycles. The first-order chi connectivity index (χ1) is 59.9. The number of carboxylic acid groups (broad SMARTS) is 4. The maximum absolute atomic E-state index is 14.5. The minimum atomic E-state index is -3.93. The molecule has 34 N–H and O–H groups in total. The van der Waals surface area contributed by atoms with E-state index in [1.165, 1.54) is 0 Å². The van der Waals surface area contributed by atoms with Crippen LogP contribution in [0.15, 0.2) is 0 Å². The maximum atomic E-state index is 14.5. The normalized spacial score (nSPS) is 42.5. The number of rotatable bonds is 39. The van der Waals surface area contributed by atoms with Crippen LogP contribution >= 0.6 is 0 Å². The van der Waals surface area contributed by atoms with Crippen LogP contribution in [-0.2, 0) is 114 Å². The minimum Gasteiger partial charge on any atom is -0.477 e. The Morgan fingerprint density at radius 3 is 1.05 bits per heavy atom. The summed E-state index contributed by atoms with van der Waals surface area (Å²) in [5.41, 5.74) is 0. The summed E-state index contributed by atoms with van der Waals surface area (Å²) in [6, 6.07) is -10.5. The van der Waals surface area contributed by atoms with Crippen molar-refractivity contribution in [3.63, 3.8) is 0 Å². The van der Waals surface area contributed by atoms with Crippen LogP contribution in [0.3, 0.4) is 0 Å². The molecule has 0 aromatic heterocycles. The molecule has 8 saturated heterocycles. The fourth-order valence-corrected chi connectivity index (χ4v) is 16.2. The number of hydrogen-bond donors (Lipinski definition) is 34. The van der Waals surface area contributed by atoms with Crippen LogP contribution in [0.25, 0.3) is 0 Å². The second kappa shape index (κ2) is 44.7. The van der Waals surface area contributed by atoms with E-state index < -0.39 is 400 Å². The number of nitrogens with one attached hydrogen (secondary N) is 5. The molecule has 0 unspecified atom stereocenters. The molecule has 8 heterocycles. The van der Waals surface area contributed by atoms with Crippen molar-refractivity contribution in [1.29, 1.82) is 0 Å². The quantitative estimate of drug-likeness (QED) is 0.0272. The number of carbonyl (C=O) groups is 9. The van der Waals surface area contributed by atoms with Gasteiger partial charge in [-0.05, 0) is 0 Å². The topological polar surface area (TPSA) is 939 Å². The van der Waals surface area contributed by atoms with Gasteiger partial charge in [-0.3, -0.25) is 24.0 Å². The lowest BCUT2D eigenvalue weighted by molar-refractivity contribution is -0.406. The van der Waals surface area contributed by atoms with Gasteiger partial charge in [0, 0.05) is 60.3 Å². The van der Waals surface area contributed by atoms with Crippen LogP contribution in [0.1, 0.15) is 60.3 Å². The predicted molar refractivity (Wildman–Crippen MR) is 391 cm³/mol. The second-order valence-corrected chi connectivity index (χ2v) is 31.8. The van der Waals surface area contributed by atoms with Crippen LogP contribution < -0.4 is 26.6 Å². The average Bonchev–Trinajstić information content (AvgIpc) is 0.749. The van der Waals surface area contributed by atoms with Crippen LogP contribution in [0.5, 0.6) is 0 Å². The molecular weight excluding hydrogens is 1760 g/mol. The maximum Gasteiger partial charge on any atom is 0.364 e. The Labute approximate surface area is 721 Å². The number of amides is 5. The first kappa shape index (κ1) is 107. The zero-order valence-corrected chi connectivity index (χ0v) is 68.3.